The van der Waals surface area contributed by atoms with E-state index in [4.69, 9.17) is 9.15 Å². The Morgan fingerprint density at radius 1 is 1.27 bits per heavy atom. The summed E-state index contributed by atoms with van der Waals surface area (Å²) in [4.78, 5) is 14.5. The summed E-state index contributed by atoms with van der Waals surface area (Å²) < 4.78 is 11.2. The van der Waals surface area contributed by atoms with Crippen LogP contribution in [0.5, 0.6) is 11.5 Å². The molecule has 6 heteroatoms. The minimum Gasteiger partial charge on any atom is -0.504 e. The van der Waals surface area contributed by atoms with Crippen LogP contribution < -0.4 is 4.74 Å². The lowest BCUT2D eigenvalue weighted by Gasteiger charge is -2.10. The van der Waals surface area contributed by atoms with Crippen LogP contribution in [0, 0.1) is 0 Å². The fourth-order valence-electron chi connectivity index (χ4n) is 2.82. The molecular weight excluding hydrogens is 350 g/mol. The van der Waals surface area contributed by atoms with Crippen LogP contribution in [0.1, 0.15) is 5.56 Å². The lowest BCUT2D eigenvalue weighted by atomic mass is 10.1. The van der Waals surface area contributed by atoms with Crippen molar-refractivity contribution in [2.24, 2.45) is 0 Å². The van der Waals surface area contributed by atoms with Gasteiger partial charge in [0.1, 0.15) is 5.58 Å². The number of furan rings is 1. The van der Waals surface area contributed by atoms with E-state index >= 15 is 0 Å². The predicted molar refractivity (Wildman–Crippen MR) is 104 cm³/mol. The van der Waals surface area contributed by atoms with E-state index in [1.54, 1.807) is 42.9 Å². The van der Waals surface area contributed by atoms with Crippen LogP contribution in [0.4, 0.5) is 0 Å². The van der Waals surface area contributed by atoms with Crippen LogP contribution in [-0.4, -0.2) is 43.4 Å². The second-order valence-electron chi connectivity index (χ2n) is 6.12. The van der Waals surface area contributed by atoms with Gasteiger partial charge in [-0.15, -0.1) is 11.8 Å². The van der Waals surface area contributed by atoms with Crippen molar-refractivity contribution in [2.45, 2.75) is 11.3 Å². The average molecular weight is 371 g/mol. The van der Waals surface area contributed by atoms with E-state index in [1.807, 2.05) is 30.5 Å². The fraction of sp³-hybridized carbons (Fsp3) is 0.250. The van der Waals surface area contributed by atoms with Gasteiger partial charge in [-0.2, -0.15) is 0 Å². The zero-order valence-corrected chi connectivity index (χ0v) is 16.0. The first-order valence-electron chi connectivity index (χ1n) is 8.12. The summed E-state index contributed by atoms with van der Waals surface area (Å²) in [6, 6.07) is 11.1. The van der Waals surface area contributed by atoms with Crippen molar-refractivity contribution >= 4 is 28.6 Å². The molecule has 0 atom stereocenters. The molecule has 0 bridgehead atoms. The van der Waals surface area contributed by atoms with Crippen molar-refractivity contribution in [3.8, 4) is 22.8 Å². The molecule has 0 saturated heterocycles. The molecule has 0 unspecified atom stereocenters. The number of rotatable bonds is 5. The molecule has 1 N–H and O–H groups in total. The van der Waals surface area contributed by atoms with E-state index in [-0.39, 0.29) is 11.7 Å². The molecule has 1 amide bonds. The van der Waals surface area contributed by atoms with Gasteiger partial charge < -0.3 is 19.2 Å². The number of carbonyl (C=O) groups excluding carboxylic acids is 1. The van der Waals surface area contributed by atoms with Gasteiger partial charge >= 0.3 is 0 Å². The fourth-order valence-corrected chi connectivity index (χ4v) is 3.53. The average Bonchev–Trinajstić information content (AvgIpc) is 2.99. The van der Waals surface area contributed by atoms with Crippen LogP contribution in [0.25, 0.3) is 22.3 Å². The summed E-state index contributed by atoms with van der Waals surface area (Å²) in [5.74, 6) is 1.09. The molecule has 1 aromatic heterocycles. The highest BCUT2D eigenvalue weighted by molar-refractivity contribution is 7.99. The second-order valence-corrected chi connectivity index (χ2v) is 6.93. The predicted octanol–water partition coefficient (Wildman–Crippen LogP) is 4.17. The third-order valence-corrected chi connectivity index (χ3v) is 5.04. The van der Waals surface area contributed by atoms with Crippen molar-refractivity contribution in [1.82, 2.24) is 4.90 Å². The van der Waals surface area contributed by atoms with Gasteiger partial charge in [-0.1, -0.05) is 12.1 Å². The monoisotopic (exact) mass is 371 g/mol. The first-order chi connectivity index (χ1) is 12.5. The molecule has 2 aromatic carbocycles. The molecule has 0 radical (unpaired) electrons. The van der Waals surface area contributed by atoms with Crippen LogP contribution in [0.15, 0.2) is 45.7 Å². The number of carbonyl (C=O) groups is 1. The maximum Gasteiger partial charge on any atom is 0.226 e. The number of benzene rings is 2. The number of phenols is 1. The van der Waals surface area contributed by atoms with E-state index in [1.165, 1.54) is 7.11 Å². The van der Waals surface area contributed by atoms with E-state index in [2.05, 4.69) is 0 Å². The molecule has 1 heterocycles. The minimum atomic E-state index is 0.0456. The number of fused-ring (bicyclic) bond motifs is 1. The van der Waals surface area contributed by atoms with Gasteiger partial charge in [-0.05, 0) is 36.1 Å². The number of ether oxygens (including phenoxy) is 1. The van der Waals surface area contributed by atoms with E-state index in [9.17, 15) is 9.90 Å². The molecule has 0 fully saturated rings. The number of thioether (sulfide) groups is 1. The topological polar surface area (TPSA) is 62.9 Å². The number of likely N-dealkylation sites (N-methyl/N-ethyl adjacent to an activating group) is 1. The van der Waals surface area contributed by atoms with Crippen molar-refractivity contribution in [2.75, 3.05) is 27.5 Å². The van der Waals surface area contributed by atoms with Crippen molar-refractivity contribution < 1.29 is 19.1 Å². The molecule has 3 rings (SSSR count). The van der Waals surface area contributed by atoms with E-state index in [0.717, 1.165) is 15.8 Å². The third-order valence-electron chi connectivity index (χ3n) is 4.23. The molecule has 26 heavy (non-hydrogen) atoms. The lowest BCUT2D eigenvalue weighted by Crippen LogP contribution is -2.23. The van der Waals surface area contributed by atoms with Gasteiger partial charge in [0.2, 0.25) is 5.91 Å². The molecule has 0 aliphatic heterocycles. The quantitative estimate of drug-likeness (QED) is 0.682. The summed E-state index contributed by atoms with van der Waals surface area (Å²) in [5.41, 5.74) is 2.22. The number of hydrogen-bond donors (Lipinski definition) is 1. The van der Waals surface area contributed by atoms with Crippen molar-refractivity contribution in [1.29, 1.82) is 0 Å². The Morgan fingerprint density at radius 3 is 2.69 bits per heavy atom. The van der Waals surface area contributed by atoms with Crippen LogP contribution in [0.3, 0.4) is 0 Å². The summed E-state index contributed by atoms with van der Waals surface area (Å²) in [6.07, 6.45) is 2.30. The molecule has 0 saturated carbocycles. The minimum absolute atomic E-state index is 0.0456. The number of methoxy groups -OCH3 is 1. The molecule has 0 spiro atoms. The maximum atomic E-state index is 12.0. The first-order valence-corrected chi connectivity index (χ1v) is 9.34. The summed E-state index contributed by atoms with van der Waals surface area (Å²) in [7, 11) is 5.01. The molecule has 0 aliphatic carbocycles. The van der Waals surface area contributed by atoms with Crippen LogP contribution >= 0.6 is 11.8 Å². The molecular formula is C20H21NO4S. The summed E-state index contributed by atoms with van der Waals surface area (Å²) in [5, 5.41) is 11.4. The lowest BCUT2D eigenvalue weighted by molar-refractivity contribution is -0.127. The Balaban J connectivity index is 2.12. The smallest absolute Gasteiger partial charge is 0.226 e. The van der Waals surface area contributed by atoms with E-state index < -0.39 is 0 Å². The molecule has 3 aromatic rings. The Bertz CT molecular complexity index is 962. The second kappa shape index (κ2) is 7.33. The number of para-hydroxylation sites is 1. The standard InChI is InChI=1S/C20H21NO4S/c1-21(2)17(22)11-12-8-9-15-14(10-12)20(26-4)19(25-15)13-6-5-7-16(24-3)18(13)23/h5-10,23H,11H2,1-4H3. The van der Waals surface area contributed by atoms with Gasteiger partial charge in [-0.25, -0.2) is 0 Å². The van der Waals surface area contributed by atoms with E-state index in [0.29, 0.717) is 29.1 Å². The highest BCUT2D eigenvalue weighted by atomic mass is 32.2. The van der Waals surface area contributed by atoms with Gasteiger partial charge in [0.15, 0.2) is 17.3 Å². The summed E-state index contributed by atoms with van der Waals surface area (Å²) >= 11 is 1.54. The zero-order valence-electron chi connectivity index (χ0n) is 15.2. The highest BCUT2D eigenvalue weighted by Gasteiger charge is 2.20. The van der Waals surface area contributed by atoms with Gasteiger partial charge in [0.25, 0.3) is 0 Å². The van der Waals surface area contributed by atoms with Crippen LogP contribution in [0.2, 0.25) is 0 Å². The normalized spacial score (nSPS) is 10.9. The summed E-state index contributed by atoms with van der Waals surface area (Å²) in [6.45, 7) is 0. The molecule has 136 valence electrons. The number of hydrogen-bond acceptors (Lipinski definition) is 5. The highest BCUT2D eigenvalue weighted by Crippen LogP contribution is 2.45. The van der Waals surface area contributed by atoms with Gasteiger partial charge in [0, 0.05) is 19.5 Å². The first kappa shape index (κ1) is 18.2. The van der Waals surface area contributed by atoms with Gasteiger partial charge in [-0.3, -0.25) is 4.79 Å². The third kappa shape index (κ3) is 3.24. The Hall–Kier alpha value is -2.60. The number of amides is 1. The Morgan fingerprint density at radius 2 is 2.04 bits per heavy atom. The maximum absolute atomic E-state index is 12.0. The number of nitrogens with zero attached hydrogens (tertiary/aromatic N) is 1. The van der Waals surface area contributed by atoms with Crippen molar-refractivity contribution in [3.05, 3.63) is 42.0 Å². The van der Waals surface area contributed by atoms with Crippen LogP contribution in [-0.2, 0) is 11.2 Å². The number of aromatic hydroxyl groups is 1. The Labute approximate surface area is 156 Å². The molecule has 0 aliphatic rings. The largest absolute Gasteiger partial charge is 0.504 e. The van der Waals surface area contributed by atoms with Gasteiger partial charge in [0.05, 0.1) is 24.0 Å². The molecule has 5 nitrogen and oxygen atoms in total. The SMILES string of the molecule is COc1cccc(-c2oc3ccc(CC(=O)N(C)C)cc3c2SC)c1O. The van der Waals surface area contributed by atoms with Crippen molar-refractivity contribution in [3.63, 3.8) is 0 Å². The zero-order chi connectivity index (χ0) is 18.8. The Kier molecular flexibility index (Phi) is 5.13. The number of phenolic OH excluding ortho intramolecular Hbond substituents is 1.